The third kappa shape index (κ3) is 3.32. The zero-order chi connectivity index (χ0) is 13.9. The molecule has 0 aromatic heterocycles. The summed E-state index contributed by atoms with van der Waals surface area (Å²) in [5.74, 6) is -2.22. The predicted octanol–water partition coefficient (Wildman–Crippen LogP) is 2.71. The summed E-state index contributed by atoms with van der Waals surface area (Å²) in [6, 6.07) is 2.68. The van der Waals surface area contributed by atoms with Crippen LogP contribution in [0.1, 0.15) is 25.0 Å². The third-order valence-corrected chi connectivity index (χ3v) is 2.62. The van der Waals surface area contributed by atoms with Crippen molar-refractivity contribution in [3.05, 3.63) is 23.3 Å². The Hall–Kier alpha value is -1.36. The molecule has 0 spiro atoms. The number of hydrogen-bond acceptors (Lipinski definition) is 3. The van der Waals surface area contributed by atoms with Gasteiger partial charge in [0.1, 0.15) is 0 Å². The van der Waals surface area contributed by atoms with Crippen LogP contribution >= 0.6 is 0 Å². The second-order valence-electron chi connectivity index (χ2n) is 4.43. The summed E-state index contributed by atoms with van der Waals surface area (Å²) in [7, 11) is 2.89. The average Bonchev–Trinajstić information content (AvgIpc) is 2.26. The van der Waals surface area contributed by atoms with E-state index in [-0.39, 0.29) is 11.6 Å². The van der Waals surface area contributed by atoms with E-state index in [1.807, 2.05) is 0 Å². The minimum Gasteiger partial charge on any atom is -0.493 e. The molecule has 1 rings (SSSR count). The van der Waals surface area contributed by atoms with Gasteiger partial charge in [0.15, 0.2) is 11.5 Å². The summed E-state index contributed by atoms with van der Waals surface area (Å²) in [5, 5.41) is 0. The SMILES string of the molecule is COc1cc(CC(C)N)c(C(C)(F)F)cc1OC. The molecule has 0 aliphatic heterocycles. The van der Waals surface area contributed by atoms with Crippen LogP contribution in [0.3, 0.4) is 0 Å². The monoisotopic (exact) mass is 259 g/mol. The number of nitrogens with two attached hydrogens (primary N) is 1. The summed E-state index contributed by atoms with van der Waals surface area (Å²) < 4.78 is 37.3. The summed E-state index contributed by atoms with van der Waals surface area (Å²) in [4.78, 5) is 0. The molecule has 0 radical (unpaired) electrons. The molecule has 0 fully saturated rings. The Labute approximate surface area is 106 Å². The first-order valence-corrected chi connectivity index (χ1v) is 5.68. The number of methoxy groups -OCH3 is 2. The van der Waals surface area contributed by atoms with Crippen molar-refractivity contribution in [1.82, 2.24) is 0 Å². The van der Waals surface area contributed by atoms with Crippen LogP contribution in [-0.2, 0) is 12.3 Å². The molecule has 2 N–H and O–H groups in total. The van der Waals surface area contributed by atoms with Gasteiger partial charge in [-0.3, -0.25) is 0 Å². The van der Waals surface area contributed by atoms with Gasteiger partial charge in [-0.25, -0.2) is 8.78 Å². The minimum absolute atomic E-state index is 0.0718. The molecule has 1 aromatic carbocycles. The predicted molar refractivity (Wildman–Crippen MR) is 66.5 cm³/mol. The molecule has 102 valence electrons. The molecule has 0 bridgehead atoms. The van der Waals surface area contributed by atoms with E-state index in [0.29, 0.717) is 23.5 Å². The van der Waals surface area contributed by atoms with Crippen molar-refractivity contribution < 1.29 is 18.3 Å². The van der Waals surface area contributed by atoms with Gasteiger partial charge in [-0.1, -0.05) is 0 Å². The highest BCUT2D eigenvalue weighted by atomic mass is 19.3. The smallest absolute Gasteiger partial charge is 0.270 e. The van der Waals surface area contributed by atoms with Crippen molar-refractivity contribution >= 4 is 0 Å². The number of rotatable bonds is 5. The Bertz CT molecular complexity index is 414. The lowest BCUT2D eigenvalue weighted by atomic mass is 9.96. The van der Waals surface area contributed by atoms with Gasteiger partial charge in [0.05, 0.1) is 14.2 Å². The number of halogens is 2. The van der Waals surface area contributed by atoms with Crippen LogP contribution in [0.5, 0.6) is 11.5 Å². The molecule has 1 atom stereocenters. The highest BCUT2D eigenvalue weighted by Gasteiger charge is 2.29. The van der Waals surface area contributed by atoms with E-state index in [4.69, 9.17) is 15.2 Å². The van der Waals surface area contributed by atoms with Crippen molar-refractivity contribution in [1.29, 1.82) is 0 Å². The van der Waals surface area contributed by atoms with E-state index in [2.05, 4.69) is 0 Å². The molecular weight excluding hydrogens is 240 g/mol. The van der Waals surface area contributed by atoms with Gasteiger partial charge in [-0.05, 0) is 31.0 Å². The first kappa shape index (κ1) is 14.7. The summed E-state index contributed by atoms with van der Waals surface area (Å²) in [6.07, 6.45) is 0.360. The van der Waals surface area contributed by atoms with Gasteiger partial charge in [0.2, 0.25) is 0 Å². The molecular formula is C13H19F2NO2. The van der Waals surface area contributed by atoms with Crippen LogP contribution in [-0.4, -0.2) is 20.3 Å². The zero-order valence-corrected chi connectivity index (χ0v) is 11.1. The minimum atomic E-state index is -2.94. The van der Waals surface area contributed by atoms with Crippen LogP contribution in [0.15, 0.2) is 12.1 Å². The fraction of sp³-hybridized carbons (Fsp3) is 0.538. The van der Waals surface area contributed by atoms with E-state index >= 15 is 0 Å². The molecule has 0 heterocycles. The quantitative estimate of drug-likeness (QED) is 0.884. The van der Waals surface area contributed by atoms with Gasteiger partial charge >= 0.3 is 0 Å². The van der Waals surface area contributed by atoms with Gasteiger partial charge < -0.3 is 15.2 Å². The molecule has 1 aromatic rings. The van der Waals surface area contributed by atoms with Crippen molar-refractivity contribution in [2.45, 2.75) is 32.2 Å². The number of ether oxygens (including phenoxy) is 2. The van der Waals surface area contributed by atoms with Gasteiger partial charge in [-0.15, -0.1) is 0 Å². The normalized spacial score (nSPS) is 13.3. The van der Waals surface area contributed by atoms with Crippen LogP contribution < -0.4 is 15.2 Å². The van der Waals surface area contributed by atoms with Gasteiger partial charge in [-0.2, -0.15) is 0 Å². The fourth-order valence-corrected chi connectivity index (χ4v) is 1.85. The lowest BCUT2D eigenvalue weighted by Crippen LogP contribution is -2.21. The maximum atomic E-state index is 13.6. The number of hydrogen-bond donors (Lipinski definition) is 1. The lowest BCUT2D eigenvalue weighted by Gasteiger charge is -2.20. The van der Waals surface area contributed by atoms with Crippen LogP contribution in [0, 0.1) is 0 Å². The maximum Gasteiger partial charge on any atom is 0.270 e. The van der Waals surface area contributed by atoms with Gasteiger partial charge in [0, 0.05) is 18.5 Å². The number of benzene rings is 1. The second kappa shape index (κ2) is 5.52. The Kier molecular flexibility index (Phi) is 4.51. The Balaban J connectivity index is 3.36. The number of alkyl halides is 2. The third-order valence-electron chi connectivity index (χ3n) is 2.62. The van der Waals surface area contributed by atoms with E-state index in [0.717, 1.165) is 6.92 Å². The van der Waals surface area contributed by atoms with E-state index in [1.165, 1.54) is 20.3 Å². The second-order valence-corrected chi connectivity index (χ2v) is 4.43. The van der Waals surface area contributed by atoms with E-state index in [1.54, 1.807) is 13.0 Å². The maximum absolute atomic E-state index is 13.6. The fourth-order valence-electron chi connectivity index (χ4n) is 1.85. The standard InChI is InChI=1S/C13H19F2NO2/c1-8(16)5-9-6-11(17-3)12(18-4)7-10(9)13(2,14)15/h6-8H,5,16H2,1-4H3. The van der Waals surface area contributed by atoms with E-state index < -0.39 is 5.92 Å². The molecule has 0 saturated carbocycles. The molecule has 0 aliphatic rings. The van der Waals surface area contributed by atoms with Crippen molar-refractivity contribution in [2.75, 3.05) is 14.2 Å². The molecule has 0 saturated heterocycles. The van der Waals surface area contributed by atoms with Crippen LogP contribution in [0.25, 0.3) is 0 Å². The summed E-state index contributed by atoms with van der Waals surface area (Å²) >= 11 is 0. The molecule has 1 unspecified atom stereocenters. The lowest BCUT2D eigenvalue weighted by molar-refractivity contribution is 0.0162. The van der Waals surface area contributed by atoms with Crippen molar-refractivity contribution in [3.63, 3.8) is 0 Å². The van der Waals surface area contributed by atoms with E-state index in [9.17, 15) is 8.78 Å². The largest absolute Gasteiger partial charge is 0.493 e. The molecule has 0 aliphatic carbocycles. The topological polar surface area (TPSA) is 44.5 Å². The van der Waals surface area contributed by atoms with Gasteiger partial charge in [0.25, 0.3) is 5.92 Å². The molecule has 0 amide bonds. The summed E-state index contributed by atoms with van der Waals surface area (Å²) in [6.45, 7) is 2.63. The van der Waals surface area contributed by atoms with Crippen LogP contribution in [0.4, 0.5) is 8.78 Å². The Morgan fingerprint density at radius 1 is 1.22 bits per heavy atom. The van der Waals surface area contributed by atoms with Crippen molar-refractivity contribution in [3.8, 4) is 11.5 Å². The first-order valence-electron chi connectivity index (χ1n) is 5.68. The van der Waals surface area contributed by atoms with Crippen LogP contribution in [0.2, 0.25) is 0 Å². The molecule has 18 heavy (non-hydrogen) atoms. The zero-order valence-electron chi connectivity index (χ0n) is 11.1. The first-order chi connectivity index (χ1) is 8.29. The molecule has 5 heteroatoms. The highest BCUT2D eigenvalue weighted by molar-refractivity contribution is 5.49. The average molecular weight is 259 g/mol. The Morgan fingerprint density at radius 2 is 1.72 bits per heavy atom. The Morgan fingerprint density at radius 3 is 2.11 bits per heavy atom. The molecule has 3 nitrogen and oxygen atoms in total. The summed E-state index contributed by atoms with van der Waals surface area (Å²) in [5.41, 5.74) is 6.09. The van der Waals surface area contributed by atoms with Crippen molar-refractivity contribution in [2.24, 2.45) is 5.73 Å². The highest BCUT2D eigenvalue weighted by Crippen LogP contribution is 2.38.